The van der Waals surface area contributed by atoms with Crippen molar-refractivity contribution in [3.63, 3.8) is 0 Å². The number of hydrogen-bond acceptors (Lipinski definition) is 4. The van der Waals surface area contributed by atoms with Gasteiger partial charge >= 0.3 is 5.97 Å². The molecule has 0 N–H and O–H groups in total. The lowest BCUT2D eigenvalue weighted by Crippen LogP contribution is -2.17. The number of fused-ring (bicyclic) bond motifs is 1. The van der Waals surface area contributed by atoms with Crippen molar-refractivity contribution < 1.29 is 9.53 Å². The largest absolute Gasteiger partial charge is 0.463 e. The van der Waals surface area contributed by atoms with Crippen LogP contribution in [0, 0.1) is 0 Å². The number of rotatable bonds is 3. The lowest BCUT2D eigenvalue weighted by molar-refractivity contribution is -0.137. The van der Waals surface area contributed by atoms with Gasteiger partial charge in [0.15, 0.2) is 0 Å². The molecule has 1 aromatic rings. The van der Waals surface area contributed by atoms with Crippen LogP contribution in [0.5, 0.6) is 0 Å². The molecule has 0 amide bonds. The number of nitrogens with zero attached hydrogens (tertiary/aromatic N) is 1. The zero-order valence-electron chi connectivity index (χ0n) is 9.97. The highest BCUT2D eigenvalue weighted by molar-refractivity contribution is 8.03. The Morgan fingerprint density at radius 2 is 2.18 bits per heavy atom. The summed E-state index contributed by atoms with van der Waals surface area (Å²) in [4.78, 5) is 14.8. The SMILES string of the molecule is CCOC(=O)/C=C1\Sc2ccccc2N1CC. The second-order valence-corrected chi connectivity index (χ2v) is 4.61. The minimum Gasteiger partial charge on any atom is -0.463 e. The Morgan fingerprint density at radius 1 is 1.41 bits per heavy atom. The molecule has 0 atom stereocenters. The molecule has 0 aromatic heterocycles. The van der Waals surface area contributed by atoms with E-state index in [0.29, 0.717) is 6.61 Å². The molecule has 1 aromatic carbocycles. The van der Waals surface area contributed by atoms with Crippen LogP contribution in [0.2, 0.25) is 0 Å². The molecule has 0 bridgehead atoms. The number of carbonyl (C=O) groups is 1. The molecule has 0 saturated carbocycles. The fourth-order valence-electron chi connectivity index (χ4n) is 1.77. The summed E-state index contributed by atoms with van der Waals surface area (Å²) >= 11 is 1.61. The minimum atomic E-state index is -0.277. The van der Waals surface area contributed by atoms with Crippen LogP contribution in [0.15, 0.2) is 40.3 Å². The maximum Gasteiger partial charge on any atom is 0.333 e. The molecule has 0 saturated heterocycles. The first-order valence-electron chi connectivity index (χ1n) is 5.69. The Kier molecular flexibility index (Phi) is 3.74. The van der Waals surface area contributed by atoms with E-state index in [9.17, 15) is 4.79 Å². The lowest BCUT2D eigenvalue weighted by atomic mass is 10.3. The highest BCUT2D eigenvalue weighted by atomic mass is 32.2. The Bertz CT molecular complexity index is 456. The van der Waals surface area contributed by atoms with Gasteiger partial charge in [-0.05, 0) is 26.0 Å². The summed E-state index contributed by atoms with van der Waals surface area (Å²) in [6, 6.07) is 8.15. The average Bonchev–Trinajstić information content (AvgIpc) is 2.66. The maximum absolute atomic E-state index is 11.5. The Hall–Kier alpha value is -1.42. The van der Waals surface area contributed by atoms with Gasteiger partial charge in [0, 0.05) is 11.4 Å². The zero-order valence-corrected chi connectivity index (χ0v) is 10.8. The molecule has 0 aliphatic carbocycles. The van der Waals surface area contributed by atoms with Gasteiger partial charge in [-0.3, -0.25) is 0 Å². The molecular weight excluding hydrogens is 234 g/mol. The number of ether oxygens (including phenoxy) is 1. The van der Waals surface area contributed by atoms with Crippen LogP contribution in [0.3, 0.4) is 0 Å². The normalized spacial score (nSPS) is 16.1. The van der Waals surface area contributed by atoms with Crippen molar-refractivity contribution >= 4 is 23.4 Å². The van der Waals surface area contributed by atoms with Crippen molar-refractivity contribution in [2.24, 2.45) is 0 Å². The van der Waals surface area contributed by atoms with Crippen LogP contribution in [0.4, 0.5) is 5.69 Å². The molecule has 1 aliphatic rings. The maximum atomic E-state index is 11.5. The summed E-state index contributed by atoms with van der Waals surface area (Å²) in [5.74, 6) is -0.277. The van der Waals surface area contributed by atoms with Crippen LogP contribution in [-0.4, -0.2) is 19.1 Å². The van der Waals surface area contributed by atoms with E-state index in [1.165, 1.54) is 4.90 Å². The van der Waals surface area contributed by atoms with Crippen LogP contribution < -0.4 is 4.90 Å². The third kappa shape index (κ3) is 2.47. The number of para-hydroxylation sites is 1. The number of esters is 1. The van der Waals surface area contributed by atoms with Crippen LogP contribution >= 0.6 is 11.8 Å². The molecule has 4 heteroatoms. The van der Waals surface area contributed by atoms with E-state index in [1.807, 2.05) is 19.1 Å². The van der Waals surface area contributed by atoms with Crippen LogP contribution in [0.1, 0.15) is 13.8 Å². The van der Waals surface area contributed by atoms with E-state index in [-0.39, 0.29) is 5.97 Å². The van der Waals surface area contributed by atoms with Gasteiger partial charge in [0.1, 0.15) is 0 Å². The van der Waals surface area contributed by atoms with Gasteiger partial charge in [0.05, 0.1) is 23.4 Å². The van der Waals surface area contributed by atoms with Crippen LogP contribution in [-0.2, 0) is 9.53 Å². The van der Waals surface area contributed by atoms with E-state index in [1.54, 1.807) is 17.8 Å². The van der Waals surface area contributed by atoms with Crippen LogP contribution in [0.25, 0.3) is 0 Å². The first kappa shape index (κ1) is 12.0. The highest BCUT2D eigenvalue weighted by Gasteiger charge is 2.24. The van der Waals surface area contributed by atoms with E-state index < -0.39 is 0 Å². The Labute approximate surface area is 105 Å². The Morgan fingerprint density at radius 3 is 2.88 bits per heavy atom. The summed E-state index contributed by atoms with van der Waals surface area (Å²) in [5.41, 5.74) is 1.16. The molecule has 90 valence electrons. The molecule has 1 heterocycles. The molecule has 1 aliphatic heterocycles. The predicted molar refractivity (Wildman–Crippen MR) is 70.0 cm³/mol. The van der Waals surface area contributed by atoms with Crippen molar-refractivity contribution in [1.29, 1.82) is 0 Å². The molecule has 0 fully saturated rings. The summed E-state index contributed by atoms with van der Waals surface area (Å²) < 4.78 is 4.94. The summed E-state index contributed by atoms with van der Waals surface area (Å²) in [6.45, 7) is 5.13. The number of thioether (sulfide) groups is 1. The third-order valence-electron chi connectivity index (χ3n) is 2.48. The van der Waals surface area contributed by atoms with Gasteiger partial charge in [0.2, 0.25) is 0 Å². The van der Waals surface area contributed by atoms with Crippen molar-refractivity contribution in [1.82, 2.24) is 0 Å². The molecular formula is C13H15NO2S. The van der Waals surface area contributed by atoms with E-state index in [2.05, 4.69) is 24.0 Å². The molecule has 2 rings (SSSR count). The molecule has 17 heavy (non-hydrogen) atoms. The van der Waals surface area contributed by atoms with E-state index >= 15 is 0 Å². The van der Waals surface area contributed by atoms with Crippen molar-refractivity contribution in [2.75, 3.05) is 18.1 Å². The van der Waals surface area contributed by atoms with Crippen molar-refractivity contribution in [3.05, 3.63) is 35.4 Å². The zero-order chi connectivity index (χ0) is 12.3. The smallest absolute Gasteiger partial charge is 0.333 e. The summed E-state index contributed by atoms with van der Waals surface area (Å²) in [7, 11) is 0. The topological polar surface area (TPSA) is 29.5 Å². The first-order valence-corrected chi connectivity index (χ1v) is 6.50. The van der Waals surface area contributed by atoms with Gasteiger partial charge in [-0.2, -0.15) is 0 Å². The molecule has 0 unspecified atom stereocenters. The van der Waals surface area contributed by atoms with Gasteiger partial charge in [-0.25, -0.2) is 4.79 Å². The summed E-state index contributed by atoms with van der Waals surface area (Å²) in [5, 5.41) is 0.937. The fraction of sp³-hybridized carbons (Fsp3) is 0.308. The quantitative estimate of drug-likeness (QED) is 0.608. The molecule has 0 spiro atoms. The Balaban J connectivity index is 2.26. The second kappa shape index (κ2) is 5.27. The minimum absolute atomic E-state index is 0.277. The number of anilines is 1. The molecule has 3 nitrogen and oxygen atoms in total. The number of benzene rings is 1. The lowest BCUT2D eigenvalue weighted by Gasteiger charge is -2.17. The number of carbonyl (C=O) groups excluding carboxylic acids is 1. The fourth-order valence-corrected chi connectivity index (χ4v) is 2.92. The first-order chi connectivity index (χ1) is 8.26. The van der Waals surface area contributed by atoms with Crippen molar-refractivity contribution in [2.45, 2.75) is 18.7 Å². The number of hydrogen-bond donors (Lipinski definition) is 0. The van der Waals surface area contributed by atoms with Gasteiger partial charge in [0.25, 0.3) is 0 Å². The van der Waals surface area contributed by atoms with Crippen molar-refractivity contribution in [3.8, 4) is 0 Å². The predicted octanol–water partition coefficient (Wildman–Crippen LogP) is 3.02. The van der Waals surface area contributed by atoms with E-state index in [0.717, 1.165) is 17.3 Å². The third-order valence-corrected chi connectivity index (χ3v) is 3.59. The second-order valence-electron chi connectivity index (χ2n) is 3.55. The van der Waals surface area contributed by atoms with E-state index in [4.69, 9.17) is 4.74 Å². The highest BCUT2D eigenvalue weighted by Crippen LogP contribution is 2.45. The van der Waals surface area contributed by atoms with Gasteiger partial charge in [-0.1, -0.05) is 23.9 Å². The van der Waals surface area contributed by atoms with Gasteiger partial charge < -0.3 is 9.64 Å². The molecule has 0 radical (unpaired) electrons. The summed E-state index contributed by atoms with van der Waals surface area (Å²) in [6.07, 6.45) is 1.57. The monoisotopic (exact) mass is 249 g/mol. The average molecular weight is 249 g/mol. The standard InChI is InChI=1S/C13H15NO2S/c1-3-14-10-7-5-6-8-11(10)17-12(14)9-13(15)16-4-2/h5-9H,3-4H2,1-2H3/b12-9-. The van der Waals surface area contributed by atoms with Gasteiger partial charge in [-0.15, -0.1) is 0 Å².